The molecule has 0 atom stereocenters. The highest BCUT2D eigenvalue weighted by atomic mass is 32.2. The van der Waals surface area contributed by atoms with E-state index in [2.05, 4.69) is 9.97 Å². The second-order valence-electron chi connectivity index (χ2n) is 3.52. The van der Waals surface area contributed by atoms with Gasteiger partial charge in [-0.3, -0.25) is 4.79 Å². The third-order valence-electron chi connectivity index (χ3n) is 1.77. The van der Waals surface area contributed by atoms with Gasteiger partial charge in [-0.1, -0.05) is 25.6 Å². The van der Waals surface area contributed by atoms with Gasteiger partial charge in [0.15, 0.2) is 0 Å². The van der Waals surface area contributed by atoms with Crippen molar-refractivity contribution in [2.75, 3.05) is 5.75 Å². The Bertz CT molecular complexity index is 366. The molecule has 0 saturated carbocycles. The Labute approximate surface area is 93.1 Å². The highest BCUT2D eigenvalue weighted by Gasteiger charge is 2.07. The summed E-state index contributed by atoms with van der Waals surface area (Å²) < 4.78 is 0. The fourth-order valence-corrected chi connectivity index (χ4v) is 1.74. The van der Waals surface area contributed by atoms with Crippen LogP contribution in [0.2, 0.25) is 0 Å². The van der Waals surface area contributed by atoms with Crippen molar-refractivity contribution in [1.82, 2.24) is 9.97 Å². The molecule has 0 saturated heterocycles. The average Bonchev–Trinajstić information content (AvgIpc) is 2.13. The Hall–Kier alpha value is -1.10. The van der Waals surface area contributed by atoms with E-state index in [1.807, 2.05) is 26.8 Å². The highest BCUT2D eigenvalue weighted by Crippen LogP contribution is 2.20. The zero-order valence-electron chi connectivity index (χ0n) is 9.02. The van der Waals surface area contributed by atoms with Crippen molar-refractivity contribution in [2.24, 2.45) is 0 Å². The Morgan fingerprint density at radius 2 is 2.20 bits per heavy atom. The van der Waals surface area contributed by atoms with Crippen LogP contribution < -0.4 is 0 Å². The minimum absolute atomic E-state index is 0.0357. The van der Waals surface area contributed by atoms with Crippen molar-refractivity contribution in [3.63, 3.8) is 0 Å². The van der Waals surface area contributed by atoms with Gasteiger partial charge in [0.25, 0.3) is 0 Å². The number of aryl methyl sites for hydroxylation is 1. The Morgan fingerprint density at radius 3 is 2.73 bits per heavy atom. The van der Waals surface area contributed by atoms with Crippen LogP contribution in [0.4, 0.5) is 0 Å². The molecule has 0 spiro atoms. The SMILES string of the molecule is Cc1nc(SCC(=O)O)cc(C(C)C)n1. The van der Waals surface area contributed by atoms with Crippen LogP contribution >= 0.6 is 11.8 Å². The summed E-state index contributed by atoms with van der Waals surface area (Å²) in [6, 6.07) is 1.85. The van der Waals surface area contributed by atoms with Gasteiger partial charge in [-0.2, -0.15) is 0 Å². The molecule has 4 nitrogen and oxygen atoms in total. The van der Waals surface area contributed by atoms with Crippen LogP contribution in [0.1, 0.15) is 31.3 Å². The second-order valence-corrected chi connectivity index (χ2v) is 4.51. The van der Waals surface area contributed by atoms with Crippen LogP contribution in [0.15, 0.2) is 11.1 Å². The number of carbonyl (C=O) groups is 1. The van der Waals surface area contributed by atoms with Crippen molar-refractivity contribution >= 4 is 17.7 Å². The maximum atomic E-state index is 10.4. The van der Waals surface area contributed by atoms with Gasteiger partial charge < -0.3 is 5.11 Å². The van der Waals surface area contributed by atoms with Crippen LogP contribution in [0, 0.1) is 6.92 Å². The predicted octanol–water partition coefficient (Wildman–Crippen LogP) is 2.09. The molecule has 1 heterocycles. The first-order chi connectivity index (χ1) is 6.99. The number of rotatable bonds is 4. The summed E-state index contributed by atoms with van der Waals surface area (Å²) in [4.78, 5) is 18.9. The van der Waals surface area contributed by atoms with Gasteiger partial charge >= 0.3 is 5.97 Å². The van der Waals surface area contributed by atoms with Crippen molar-refractivity contribution in [3.8, 4) is 0 Å². The topological polar surface area (TPSA) is 63.1 Å². The molecule has 0 fully saturated rings. The van der Waals surface area contributed by atoms with E-state index in [0.29, 0.717) is 11.7 Å². The molecule has 0 aliphatic rings. The normalized spacial score (nSPS) is 10.7. The van der Waals surface area contributed by atoms with E-state index in [1.165, 1.54) is 11.8 Å². The van der Waals surface area contributed by atoms with Crippen LogP contribution in [-0.2, 0) is 4.79 Å². The lowest BCUT2D eigenvalue weighted by Gasteiger charge is -2.07. The third kappa shape index (κ3) is 3.87. The minimum atomic E-state index is -0.831. The van der Waals surface area contributed by atoms with Crippen molar-refractivity contribution in [1.29, 1.82) is 0 Å². The molecule has 1 rings (SSSR count). The van der Waals surface area contributed by atoms with Gasteiger partial charge in [0.05, 0.1) is 5.75 Å². The molecule has 0 bridgehead atoms. The Morgan fingerprint density at radius 1 is 1.53 bits per heavy atom. The molecule has 0 aliphatic heterocycles. The molecule has 0 aliphatic carbocycles. The number of aliphatic carboxylic acids is 1. The maximum absolute atomic E-state index is 10.4. The molecule has 5 heteroatoms. The molecule has 1 N–H and O–H groups in total. The van der Waals surface area contributed by atoms with Crippen LogP contribution in [0.3, 0.4) is 0 Å². The number of thioether (sulfide) groups is 1. The lowest BCUT2D eigenvalue weighted by molar-refractivity contribution is -0.133. The fraction of sp³-hybridized carbons (Fsp3) is 0.500. The smallest absolute Gasteiger partial charge is 0.313 e. The maximum Gasteiger partial charge on any atom is 0.313 e. The van der Waals surface area contributed by atoms with Gasteiger partial charge in [0.2, 0.25) is 0 Å². The fourth-order valence-electron chi connectivity index (χ4n) is 1.07. The quantitative estimate of drug-likeness (QED) is 0.629. The van der Waals surface area contributed by atoms with E-state index in [9.17, 15) is 4.79 Å². The van der Waals surface area contributed by atoms with E-state index in [-0.39, 0.29) is 5.75 Å². The summed E-state index contributed by atoms with van der Waals surface area (Å²) in [7, 11) is 0. The van der Waals surface area contributed by atoms with Gasteiger partial charge in [-0.05, 0) is 18.9 Å². The van der Waals surface area contributed by atoms with E-state index < -0.39 is 5.97 Å². The summed E-state index contributed by atoms with van der Waals surface area (Å²) in [5, 5.41) is 9.29. The lowest BCUT2D eigenvalue weighted by Crippen LogP contribution is -2.02. The van der Waals surface area contributed by atoms with Crippen LogP contribution in [-0.4, -0.2) is 26.8 Å². The highest BCUT2D eigenvalue weighted by molar-refractivity contribution is 7.99. The first-order valence-corrected chi connectivity index (χ1v) is 5.67. The van der Waals surface area contributed by atoms with E-state index in [1.54, 1.807) is 0 Å². The van der Waals surface area contributed by atoms with Gasteiger partial charge in [-0.15, -0.1) is 0 Å². The molecule has 0 aromatic carbocycles. The van der Waals surface area contributed by atoms with Gasteiger partial charge in [-0.25, -0.2) is 9.97 Å². The molecule has 82 valence electrons. The molecular formula is C10H14N2O2S. The molecule has 1 aromatic heterocycles. The molecule has 15 heavy (non-hydrogen) atoms. The monoisotopic (exact) mass is 226 g/mol. The number of hydrogen-bond acceptors (Lipinski definition) is 4. The first kappa shape index (κ1) is 12.0. The van der Waals surface area contributed by atoms with E-state index >= 15 is 0 Å². The summed E-state index contributed by atoms with van der Waals surface area (Å²) in [6.45, 7) is 5.91. The Kier molecular flexibility index (Phi) is 4.08. The predicted molar refractivity (Wildman–Crippen MR) is 59.2 cm³/mol. The molecule has 0 amide bonds. The lowest BCUT2D eigenvalue weighted by atomic mass is 10.1. The van der Waals surface area contributed by atoms with Gasteiger partial charge in [0.1, 0.15) is 10.9 Å². The first-order valence-electron chi connectivity index (χ1n) is 4.69. The van der Waals surface area contributed by atoms with Crippen LogP contribution in [0.25, 0.3) is 0 Å². The largest absolute Gasteiger partial charge is 0.481 e. The number of nitrogens with zero attached hydrogens (tertiary/aromatic N) is 2. The standard InChI is InChI=1S/C10H14N2O2S/c1-6(2)8-4-9(12-7(3)11-8)15-5-10(13)14/h4,6H,5H2,1-3H3,(H,13,14). The van der Waals surface area contributed by atoms with Gasteiger partial charge in [0, 0.05) is 5.69 Å². The van der Waals surface area contributed by atoms with Crippen molar-refractivity contribution in [3.05, 3.63) is 17.6 Å². The number of hydrogen-bond donors (Lipinski definition) is 1. The second kappa shape index (κ2) is 5.11. The number of carboxylic acids is 1. The average molecular weight is 226 g/mol. The molecule has 0 unspecified atom stereocenters. The molecule has 0 radical (unpaired) electrons. The number of aromatic nitrogens is 2. The summed E-state index contributed by atoms with van der Waals surface area (Å²) in [5.74, 6) is 0.223. The summed E-state index contributed by atoms with van der Waals surface area (Å²) in [6.07, 6.45) is 0. The Balaban J connectivity index is 2.84. The third-order valence-corrected chi connectivity index (χ3v) is 2.67. The summed E-state index contributed by atoms with van der Waals surface area (Å²) in [5.41, 5.74) is 0.954. The molecular weight excluding hydrogens is 212 g/mol. The van der Waals surface area contributed by atoms with Crippen LogP contribution in [0.5, 0.6) is 0 Å². The van der Waals surface area contributed by atoms with Crippen molar-refractivity contribution in [2.45, 2.75) is 31.7 Å². The van der Waals surface area contributed by atoms with E-state index in [0.717, 1.165) is 10.7 Å². The minimum Gasteiger partial charge on any atom is -0.481 e. The summed E-state index contributed by atoms with van der Waals surface area (Å²) >= 11 is 1.22. The molecule has 1 aromatic rings. The zero-order chi connectivity index (χ0) is 11.4. The number of carboxylic acid groups (broad SMARTS) is 1. The van der Waals surface area contributed by atoms with E-state index in [4.69, 9.17) is 5.11 Å². The van der Waals surface area contributed by atoms with Crippen molar-refractivity contribution < 1.29 is 9.90 Å². The zero-order valence-corrected chi connectivity index (χ0v) is 9.84.